The highest BCUT2D eigenvalue weighted by molar-refractivity contribution is 5.97. The van der Waals surface area contributed by atoms with Gasteiger partial charge in [-0.05, 0) is 30.9 Å². The van der Waals surface area contributed by atoms with Gasteiger partial charge in [0.2, 0.25) is 0 Å². The highest BCUT2D eigenvalue weighted by Gasteiger charge is 2.45. The molecule has 2 aliphatic heterocycles. The summed E-state index contributed by atoms with van der Waals surface area (Å²) in [5, 5.41) is 6.52. The molecule has 1 amide bonds. The Morgan fingerprint density at radius 1 is 1.30 bits per heavy atom. The van der Waals surface area contributed by atoms with Gasteiger partial charge in [0.25, 0.3) is 5.91 Å². The smallest absolute Gasteiger partial charge is 0.255 e. The number of hydrogen-bond donors (Lipinski definition) is 2. The van der Waals surface area contributed by atoms with Crippen LogP contribution in [0.15, 0.2) is 18.2 Å². The lowest BCUT2D eigenvalue weighted by atomic mass is 10.1. The lowest BCUT2D eigenvalue weighted by Gasteiger charge is -2.21. The molecule has 2 heterocycles. The van der Waals surface area contributed by atoms with Gasteiger partial charge in [0, 0.05) is 18.6 Å². The topological polar surface area (TPSA) is 59.6 Å². The quantitative estimate of drug-likeness (QED) is 0.861. The van der Waals surface area contributed by atoms with Crippen LogP contribution in [0.1, 0.15) is 23.2 Å². The second kappa shape index (κ2) is 4.66. The summed E-state index contributed by atoms with van der Waals surface area (Å²) in [5.74, 6) is 1.98. The third kappa shape index (κ3) is 2.12. The second-order valence-electron chi connectivity index (χ2n) is 5.74. The molecule has 5 nitrogen and oxygen atoms in total. The van der Waals surface area contributed by atoms with Crippen LogP contribution in [0, 0.1) is 5.92 Å². The Hall–Kier alpha value is -1.75. The lowest BCUT2D eigenvalue weighted by Crippen LogP contribution is -2.39. The van der Waals surface area contributed by atoms with Crippen molar-refractivity contribution in [1.29, 1.82) is 0 Å². The molecule has 1 aliphatic carbocycles. The fourth-order valence-electron chi connectivity index (χ4n) is 3.15. The predicted molar refractivity (Wildman–Crippen MR) is 73.2 cm³/mol. The van der Waals surface area contributed by atoms with Crippen molar-refractivity contribution in [3.63, 3.8) is 0 Å². The molecule has 1 aromatic carbocycles. The SMILES string of the molecule is O=C(NC[C@@H]1C[C@@H]2C[C@@H]2N1)c1cccc2c1OCCO2. The van der Waals surface area contributed by atoms with Gasteiger partial charge >= 0.3 is 0 Å². The molecule has 2 N–H and O–H groups in total. The zero-order valence-corrected chi connectivity index (χ0v) is 11.2. The monoisotopic (exact) mass is 274 g/mol. The Balaban J connectivity index is 1.42. The van der Waals surface area contributed by atoms with E-state index in [1.165, 1.54) is 12.8 Å². The fourth-order valence-corrected chi connectivity index (χ4v) is 3.15. The Labute approximate surface area is 117 Å². The largest absolute Gasteiger partial charge is 0.486 e. The maximum atomic E-state index is 12.3. The molecule has 0 aromatic heterocycles. The van der Waals surface area contributed by atoms with Gasteiger partial charge in [-0.25, -0.2) is 0 Å². The lowest BCUT2D eigenvalue weighted by molar-refractivity contribution is 0.0938. The number of amides is 1. The highest BCUT2D eigenvalue weighted by Crippen LogP contribution is 2.40. The van der Waals surface area contributed by atoms with E-state index in [0.29, 0.717) is 48.9 Å². The fraction of sp³-hybridized carbons (Fsp3) is 0.533. The summed E-state index contributed by atoms with van der Waals surface area (Å²) in [4.78, 5) is 12.3. The third-order valence-corrected chi connectivity index (χ3v) is 4.28. The van der Waals surface area contributed by atoms with Gasteiger partial charge in [0.1, 0.15) is 13.2 Å². The first-order valence-electron chi connectivity index (χ1n) is 7.24. The zero-order valence-electron chi connectivity index (χ0n) is 11.2. The molecule has 0 spiro atoms. The summed E-state index contributed by atoms with van der Waals surface area (Å²) in [5.41, 5.74) is 0.561. The number of nitrogens with one attached hydrogen (secondary N) is 2. The van der Waals surface area contributed by atoms with Crippen molar-refractivity contribution < 1.29 is 14.3 Å². The molecule has 3 aliphatic rings. The molecule has 2 fully saturated rings. The van der Waals surface area contributed by atoms with Crippen LogP contribution in [0.2, 0.25) is 0 Å². The molecule has 3 atom stereocenters. The van der Waals surface area contributed by atoms with Gasteiger partial charge in [-0.3, -0.25) is 4.79 Å². The third-order valence-electron chi connectivity index (χ3n) is 4.28. The van der Waals surface area contributed by atoms with Gasteiger partial charge in [-0.2, -0.15) is 0 Å². The van der Waals surface area contributed by atoms with E-state index >= 15 is 0 Å². The van der Waals surface area contributed by atoms with Crippen LogP contribution < -0.4 is 20.1 Å². The van der Waals surface area contributed by atoms with Crippen molar-refractivity contribution in [3.8, 4) is 11.5 Å². The number of carbonyl (C=O) groups is 1. The first-order valence-corrected chi connectivity index (χ1v) is 7.24. The standard InChI is InChI=1S/C15H18N2O3/c18-15(16-8-10-6-9-7-12(9)17-10)11-2-1-3-13-14(11)20-5-4-19-13/h1-3,9-10,12,17H,4-8H2,(H,16,18)/t9-,10+,12+/m1/s1. The number of para-hydroxylation sites is 1. The van der Waals surface area contributed by atoms with Crippen LogP contribution in [0.3, 0.4) is 0 Å². The van der Waals surface area contributed by atoms with Crippen LogP contribution in [0.25, 0.3) is 0 Å². The maximum absolute atomic E-state index is 12.3. The summed E-state index contributed by atoms with van der Waals surface area (Å²) in [6.45, 7) is 1.70. The van der Waals surface area contributed by atoms with Gasteiger partial charge in [0.05, 0.1) is 5.56 Å². The summed E-state index contributed by atoms with van der Waals surface area (Å²) in [6, 6.07) is 6.56. The Kier molecular flexibility index (Phi) is 2.80. The van der Waals surface area contributed by atoms with Crippen molar-refractivity contribution >= 4 is 5.91 Å². The summed E-state index contributed by atoms with van der Waals surface area (Å²) in [6.07, 6.45) is 2.49. The van der Waals surface area contributed by atoms with E-state index in [4.69, 9.17) is 9.47 Å². The molecule has 4 rings (SSSR count). The van der Waals surface area contributed by atoms with Crippen molar-refractivity contribution in [2.45, 2.75) is 24.9 Å². The Morgan fingerprint density at radius 2 is 2.20 bits per heavy atom. The van der Waals surface area contributed by atoms with E-state index in [1.807, 2.05) is 12.1 Å². The predicted octanol–water partition coefficient (Wildman–Crippen LogP) is 0.938. The Bertz CT molecular complexity index is 536. The van der Waals surface area contributed by atoms with Crippen LogP contribution in [0.5, 0.6) is 11.5 Å². The minimum atomic E-state index is -0.0882. The number of rotatable bonds is 3. The van der Waals surface area contributed by atoms with Gasteiger partial charge in [-0.1, -0.05) is 6.07 Å². The Morgan fingerprint density at radius 3 is 3.05 bits per heavy atom. The van der Waals surface area contributed by atoms with E-state index in [9.17, 15) is 4.79 Å². The van der Waals surface area contributed by atoms with E-state index in [0.717, 1.165) is 5.92 Å². The van der Waals surface area contributed by atoms with Gasteiger partial charge in [-0.15, -0.1) is 0 Å². The number of ether oxygens (including phenoxy) is 2. The van der Waals surface area contributed by atoms with E-state index in [2.05, 4.69) is 10.6 Å². The molecule has 0 bridgehead atoms. The average molecular weight is 274 g/mol. The first-order chi connectivity index (χ1) is 9.81. The average Bonchev–Trinajstić information content (AvgIpc) is 3.11. The van der Waals surface area contributed by atoms with Gasteiger partial charge < -0.3 is 20.1 Å². The van der Waals surface area contributed by atoms with Crippen molar-refractivity contribution in [1.82, 2.24) is 10.6 Å². The number of hydrogen-bond acceptors (Lipinski definition) is 4. The normalized spacial score (nSPS) is 29.7. The van der Waals surface area contributed by atoms with E-state index in [-0.39, 0.29) is 5.91 Å². The van der Waals surface area contributed by atoms with Crippen molar-refractivity contribution in [2.24, 2.45) is 5.92 Å². The highest BCUT2D eigenvalue weighted by atomic mass is 16.6. The number of benzene rings is 1. The maximum Gasteiger partial charge on any atom is 0.255 e. The molecule has 106 valence electrons. The number of piperidine rings is 1. The van der Waals surface area contributed by atoms with Crippen molar-refractivity contribution in [2.75, 3.05) is 19.8 Å². The van der Waals surface area contributed by atoms with Crippen molar-refractivity contribution in [3.05, 3.63) is 23.8 Å². The molecular weight excluding hydrogens is 256 g/mol. The molecule has 1 saturated carbocycles. The number of fused-ring (bicyclic) bond motifs is 2. The molecule has 1 aromatic rings. The van der Waals surface area contributed by atoms with Gasteiger partial charge in [0.15, 0.2) is 11.5 Å². The molecule has 1 saturated heterocycles. The summed E-state index contributed by atoms with van der Waals surface area (Å²) >= 11 is 0. The minimum Gasteiger partial charge on any atom is -0.486 e. The molecule has 5 heteroatoms. The summed E-state index contributed by atoms with van der Waals surface area (Å²) < 4.78 is 11.1. The summed E-state index contributed by atoms with van der Waals surface area (Å²) in [7, 11) is 0. The molecule has 0 unspecified atom stereocenters. The van der Waals surface area contributed by atoms with Crippen LogP contribution in [-0.2, 0) is 0 Å². The van der Waals surface area contributed by atoms with E-state index in [1.54, 1.807) is 6.07 Å². The first kappa shape index (κ1) is 12.0. The number of carbonyl (C=O) groups excluding carboxylic acids is 1. The molecule has 0 radical (unpaired) electrons. The minimum absolute atomic E-state index is 0.0882. The molecule has 20 heavy (non-hydrogen) atoms. The zero-order chi connectivity index (χ0) is 13.5. The second-order valence-corrected chi connectivity index (χ2v) is 5.74. The van der Waals surface area contributed by atoms with Crippen LogP contribution in [-0.4, -0.2) is 37.7 Å². The molecular formula is C15H18N2O3. The van der Waals surface area contributed by atoms with Crippen LogP contribution in [0.4, 0.5) is 0 Å². The van der Waals surface area contributed by atoms with Crippen LogP contribution >= 0.6 is 0 Å². The van der Waals surface area contributed by atoms with E-state index < -0.39 is 0 Å².